The first-order valence-electron chi connectivity index (χ1n) is 8.77. The van der Waals surface area contributed by atoms with Gasteiger partial charge in [0.15, 0.2) is 0 Å². The summed E-state index contributed by atoms with van der Waals surface area (Å²) in [6.45, 7) is 0.681. The van der Waals surface area contributed by atoms with Crippen LogP contribution in [0.5, 0.6) is 0 Å². The molecule has 142 valence electrons. The van der Waals surface area contributed by atoms with Crippen LogP contribution in [0.1, 0.15) is 26.3 Å². The number of pyridine rings is 1. The number of aromatic nitrogens is 1. The van der Waals surface area contributed by atoms with Gasteiger partial charge in [0.1, 0.15) is 5.82 Å². The number of esters is 1. The van der Waals surface area contributed by atoms with Crippen LogP contribution < -0.4 is 10.2 Å². The van der Waals surface area contributed by atoms with Gasteiger partial charge in [0.05, 0.1) is 12.7 Å². The van der Waals surface area contributed by atoms with Gasteiger partial charge < -0.3 is 15.0 Å². The average molecular weight is 375 g/mol. The zero-order valence-corrected chi connectivity index (χ0v) is 15.8. The van der Waals surface area contributed by atoms with Crippen LogP contribution in [-0.2, 0) is 11.3 Å². The van der Waals surface area contributed by atoms with Crippen molar-refractivity contribution in [1.82, 2.24) is 4.98 Å². The second kappa shape index (κ2) is 8.81. The number of benzene rings is 2. The molecule has 0 saturated heterocycles. The van der Waals surface area contributed by atoms with Crippen LogP contribution in [0.2, 0.25) is 0 Å². The molecule has 0 aliphatic heterocycles. The molecule has 28 heavy (non-hydrogen) atoms. The quantitative estimate of drug-likeness (QED) is 0.664. The second-order valence-corrected chi connectivity index (χ2v) is 6.27. The number of hydrogen-bond donors (Lipinski definition) is 1. The van der Waals surface area contributed by atoms with Gasteiger partial charge in [0.2, 0.25) is 0 Å². The number of carbonyl (C=O) groups excluding carboxylic acids is 2. The molecule has 1 amide bonds. The molecule has 0 radical (unpaired) electrons. The van der Waals surface area contributed by atoms with E-state index in [4.69, 9.17) is 4.74 Å². The van der Waals surface area contributed by atoms with Crippen LogP contribution in [-0.4, -0.2) is 31.0 Å². The van der Waals surface area contributed by atoms with Crippen LogP contribution in [0.25, 0.3) is 0 Å². The first-order chi connectivity index (χ1) is 13.6. The maximum Gasteiger partial charge on any atom is 0.337 e. The molecule has 0 spiro atoms. The lowest BCUT2D eigenvalue weighted by atomic mass is 10.2. The third-order valence-electron chi connectivity index (χ3n) is 4.20. The number of nitrogens with zero attached hydrogens (tertiary/aromatic N) is 2. The lowest BCUT2D eigenvalue weighted by Gasteiger charge is -2.18. The van der Waals surface area contributed by atoms with Crippen LogP contribution in [0.3, 0.4) is 0 Å². The van der Waals surface area contributed by atoms with E-state index >= 15 is 0 Å². The van der Waals surface area contributed by atoms with Gasteiger partial charge in [-0.15, -0.1) is 0 Å². The number of amides is 1. The maximum atomic E-state index is 12.6. The first kappa shape index (κ1) is 19.1. The molecule has 6 nitrogen and oxygen atoms in total. The van der Waals surface area contributed by atoms with E-state index in [1.54, 1.807) is 42.6 Å². The van der Waals surface area contributed by atoms with Crippen LogP contribution in [0.15, 0.2) is 72.9 Å². The predicted molar refractivity (Wildman–Crippen MR) is 109 cm³/mol. The van der Waals surface area contributed by atoms with Crippen molar-refractivity contribution in [2.75, 3.05) is 24.4 Å². The van der Waals surface area contributed by atoms with Crippen molar-refractivity contribution in [2.45, 2.75) is 6.54 Å². The molecule has 2 aromatic carbocycles. The minimum Gasteiger partial charge on any atom is -0.465 e. The van der Waals surface area contributed by atoms with E-state index in [-0.39, 0.29) is 5.91 Å². The fraction of sp³-hybridized carbons (Fsp3) is 0.136. The maximum absolute atomic E-state index is 12.6. The van der Waals surface area contributed by atoms with Gasteiger partial charge in [-0.05, 0) is 35.9 Å². The molecular weight excluding hydrogens is 354 g/mol. The number of rotatable bonds is 6. The van der Waals surface area contributed by atoms with Gasteiger partial charge in [0.25, 0.3) is 5.91 Å². The predicted octanol–water partition coefficient (Wildman–Crippen LogP) is 3.76. The van der Waals surface area contributed by atoms with E-state index in [1.807, 2.05) is 42.3 Å². The second-order valence-electron chi connectivity index (χ2n) is 6.27. The Labute approximate surface area is 163 Å². The van der Waals surface area contributed by atoms with Crippen molar-refractivity contribution in [1.29, 1.82) is 0 Å². The Morgan fingerprint density at radius 2 is 1.79 bits per heavy atom. The average Bonchev–Trinajstić information content (AvgIpc) is 2.74. The normalized spacial score (nSPS) is 10.2. The lowest BCUT2D eigenvalue weighted by Crippen LogP contribution is -2.19. The Morgan fingerprint density at radius 3 is 2.54 bits per heavy atom. The van der Waals surface area contributed by atoms with E-state index < -0.39 is 5.97 Å². The largest absolute Gasteiger partial charge is 0.465 e. The molecule has 1 aromatic heterocycles. The summed E-state index contributed by atoms with van der Waals surface area (Å²) in [5.74, 6) is -0.0385. The summed E-state index contributed by atoms with van der Waals surface area (Å²) < 4.78 is 4.71. The fourth-order valence-corrected chi connectivity index (χ4v) is 2.75. The molecule has 6 heteroatoms. The fourth-order valence-electron chi connectivity index (χ4n) is 2.75. The van der Waals surface area contributed by atoms with Gasteiger partial charge in [-0.1, -0.05) is 36.4 Å². The van der Waals surface area contributed by atoms with E-state index in [2.05, 4.69) is 10.3 Å². The molecule has 0 aliphatic rings. The summed E-state index contributed by atoms with van der Waals surface area (Å²) in [4.78, 5) is 30.6. The van der Waals surface area contributed by atoms with Gasteiger partial charge >= 0.3 is 5.97 Å². The van der Waals surface area contributed by atoms with Crippen LogP contribution >= 0.6 is 0 Å². The zero-order chi connectivity index (χ0) is 19.9. The van der Waals surface area contributed by atoms with Crippen molar-refractivity contribution < 1.29 is 14.3 Å². The molecule has 0 atom stereocenters. The minimum atomic E-state index is -0.454. The van der Waals surface area contributed by atoms with Crippen molar-refractivity contribution in [3.05, 3.63) is 89.6 Å². The van der Waals surface area contributed by atoms with Gasteiger partial charge in [-0.3, -0.25) is 4.79 Å². The lowest BCUT2D eigenvalue weighted by molar-refractivity contribution is 0.0600. The molecule has 1 N–H and O–H groups in total. The number of anilines is 2. The molecule has 0 saturated carbocycles. The minimum absolute atomic E-state index is 0.279. The Kier molecular flexibility index (Phi) is 6.01. The summed E-state index contributed by atoms with van der Waals surface area (Å²) in [7, 11) is 3.24. The number of methoxy groups -OCH3 is 1. The van der Waals surface area contributed by atoms with Crippen molar-refractivity contribution in [3.8, 4) is 0 Å². The summed E-state index contributed by atoms with van der Waals surface area (Å²) in [6.07, 6.45) is 1.61. The standard InChI is InChI=1S/C22H21N3O3/c1-25(15-16-7-4-3-5-8-16)20-14-17(11-12-23-20)21(26)24-19-10-6-9-18(13-19)22(27)28-2/h3-14H,15H2,1-2H3,(H,24,26). The highest BCUT2D eigenvalue weighted by atomic mass is 16.5. The Bertz CT molecular complexity index is 974. The molecule has 3 aromatic rings. The SMILES string of the molecule is COC(=O)c1cccc(NC(=O)c2ccnc(N(C)Cc3ccccc3)c2)c1. The molecule has 3 rings (SSSR count). The third kappa shape index (κ3) is 4.73. The Hall–Kier alpha value is -3.67. The third-order valence-corrected chi connectivity index (χ3v) is 4.20. The molecule has 1 heterocycles. The first-order valence-corrected chi connectivity index (χ1v) is 8.77. The number of ether oxygens (including phenoxy) is 1. The smallest absolute Gasteiger partial charge is 0.337 e. The van der Waals surface area contributed by atoms with Crippen LogP contribution in [0.4, 0.5) is 11.5 Å². The van der Waals surface area contributed by atoms with E-state index in [0.29, 0.717) is 29.2 Å². The summed E-state index contributed by atoms with van der Waals surface area (Å²) >= 11 is 0. The summed E-state index contributed by atoms with van der Waals surface area (Å²) in [5, 5.41) is 2.80. The summed E-state index contributed by atoms with van der Waals surface area (Å²) in [5.41, 5.74) is 2.52. The van der Waals surface area contributed by atoms with Gasteiger partial charge in [-0.2, -0.15) is 0 Å². The van der Waals surface area contributed by atoms with Gasteiger partial charge in [0, 0.05) is 31.0 Å². The zero-order valence-electron chi connectivity index (χ0n) is 15.8. The molecule has 0 bridgehead atoms. The topological polar surface area (TPSA) is 71.5 Å². The van der Waals surface area contributed by atoms with Crippen LogP contribution in [0, 0.1) is 0 Å². The molecule has 0 unspecified atom stereocenters. The highest BCUT2D eigenvalue weighted by molar-refractivity contribution is 6.05. The number of hydrogen-bond acceptors (Lipinski definition) is 5. The Balaban J connectivity index is 1.73. The van der Waals surface area contributed by atoms with Crippen molar-refractivity contribution >= 4 is 23.4 Å². The van der Waals surface area contributed by atoms with E-state index in [1.165, 1.54) is 7.11 Å². The molecule has 0 fully saturated rings. The Morgan fingerprint density at radius 1 is 1.00 bits per heavy atom. The monoisotopic (exact) mass is 375 g/mol. The molecule has 0 aliphatic carbocycles. The number of nitrogens with one attached hydrogen (secondary N) is 1. The van der Waals surface area contributed by atoms with Crippen molar-refractivity contribution in [3.63, 3.8) is 0 Å². The summed E-state index contributed by atoms with van der Waals surface area (Å²) in [6, 6.07) is 20.0. The molecular formula is C22H21N3O3. The van der Waals surface area contributed by atoms with Crippen molar-refractivity contribution in [2.24, 2.45) is 0 Å². The highest BCUT2D eigenvalue weighted by Crippen LogP contribution is 2.17. The van der Waals surface area contributed by atoms with E-state index in [9.17, 15) is 9.59 Å². The number of carbonyl (C=O) groups is 2. The van der Waals surface area contributed by atoms with E-state index in [0.717, 1.165) is 5.56 Å². The van der Waals surface area contributed by atoms with Gasteiger partial charge in [-0.25, -0.2) is 9.78 Å². The highest BCUT2D eigenvalue weighted by Gasteiger charge is 2.12.